The van der Waals surface area contributed by atoms with Crippen LogP contribution in [-0.4, -0.2) is 13.3 Å². The summed E-state index contributed by atoms with van der Waals surface area (Å²) < 4.78 is 6.99. The van der Waals surface area contributed by atoms with Crippen LogP contribution in [0.1, 0.15) is 32.6 Å². The van der Waals surface area contributed by atoms with Gasteiger partial charge < -0.3 is 4.43 Å². The van der Waals surface area contributed by atoms with Crippen LogP contribution in [-0.2, 0) is 4.43 Å². The topological polar surface area (TPSA) is 22.1 Å². The molecule has 0 aliphatic carbocycles. The van der Waals surface area contributed by atoms with Crippen LogP contribution in [0.5, 0.6) is 0 Å². The molecular weight excluding hydrogens is 306 g/mol. The molecule has 1 aromatic heterocycles. The summed E-state index contributed by atoms with van der Waals surface area (Å²) in [6, 6.07) is 5.71. The molecule has 1 heterocycles. The molecule has 0 amide bonds. The first kappa shape index (κ1) is 15.4. The maximum Gasteiger partial charge on any atom is 0.194 e. The van der Waals surface area contributed by atoms with Crippen LogP contribution in [0.4, 0.5) is 0 Å². The summed E-state index contributed by atoms with van der Waals surface area (Å²) in [4.78, 5) is 4.38. The lowest BCUT2D eigenvalue weighted by atomic mass is 10.2. The number of aromatic nitrogens is 1. The van der Waals surface area contributed by atoms with Crippen LogP contribution in [0, 0.1) is 12.3 Å². The molecular formula is C14H20BrNOSi. The highest BCUT2D eigenvalue weighted by molar-refractivity contribution is 9.10. The molecule has 0 radical (unpaired) electrons. The molecule has 98 valence electrons. The Morgan fingerprint density at radius 1 is 1.39 bits per heavy atom. The summed E-state index contributed by atoms with van der Waals surface area (Å²) in [5.74, 6) is 2.70. The van der Waals surface area contributed by atoms with Crippen LogP contribution in [0.25, 0.3) is 0 Å². The Bertz CT molecular complexity index is 460. The second-order valence-electron chi connectivity index (χ2n) is 5.81. The smallest absolute Gasteiger partial charge is 0.194 e. The van der Waals surface area contributed by atoms with Gasteiger partial charge in [-0.25, -0.2) is 4.98 Å². The Balaban J connectivity index is 2.97. The number of halogens is 1. The van der Waals surface area contributed by atoms with Gasteiger partial charge in [0.2, 0.25) is 0 Å². The van der Waals surface area contributed by atoms with Crippen molar-refractivity contribution in [3.8, 4) is 12.3 Å². The van der Waals surface area contributed by atoms with E-state index in [-0.39, 0.29) is 11.1 Å². The van der Waals surface area contributed by atoms with E-state index >= 15 is 0 Å². The van der Waals surface area contributed by atoms with Crippen molar-refractivity contribution in [3.63, 3.8) is 0 Å². The molecule has 1 atom stereocenters. The molecule has 1 aromatic rings. The molecule has 18 heavy (non-hydrogen) atoms. The highest BCUT2D eigenvalue weighted by Gasteiger charge is 2.39. The largest absolute Gasteiger partial charge is 0.398 e. The highest BCUT2D eigenvalue weighted by Crippen LogP contribution is 2.39. The maximum atomic E-state index is 6.21. The summed E-state index contributed by atoms with van der Waals surface area (Å²) in [7, 11) is -1.89. The number of nitrogens with zero attached hydrogens (tertiary/aromatic N) is 1. The van der Waals surface area contributed by atoms with E-state index < -0.39 is 8.32 Å². The second kappa shape index (κ2) is 5.56. The fourth-order valence-electron chi connectivity index (χ4n) is 1.22. The Kier molecular flexibility index (Phi) is 4.76. The van der Waals surface area contributed by atoms with Crippen LogP contribution < -0.4 is 0 Å². The van der Waals surface area contributed by atoms with Crippen molar-refractivity contribution in [2.75, 3.05) is 0 Å². The van der Waals surface area contributed by atoms with Gasteiger partial charge in [-0.2, -0.15) is 0 Å². The van der Waals surface area contributed by atoms with E-state index in [1.165, 1.54) is 0 Å². The molecule has 0 spiro atoms. The van der Waals surface area contributed by atoms with Gasteiger partial charge in [-0.3, -0.25) is 0 Å². The summed E-state index contributed by atoms with van der Waals surface area (Å²) in [5.41, 5.74) is 0.789. The van der Waals surface area contributed by atoms with Gasteiger partial charge in [0.25, 0.3) is 0 Å². The summed E-state index contributed by atoms with van der Waals surface area (Å²) in [6.45, 7) is 11.0. The van der Waals surface area contributed by atoms with Crippen molar-refractivity contribution in [2.45, 2.75) is 45.0 Å². The predicted octanol–water partition coefficient (Wildman–Crippen LogP) is 4.54. The molecule has 4 heteroatoms. The lowest BCUT2D eigenvalue weighted by Crippen LogP contribution is -2.41. The Morgan fingerprint density at radius 3 is 2.44 bits per heavy atom. The molecule has 1 unspecified atom stereocenters. The van der Waals surface area contributed by atoms with Gasteiger partial charge in [0, 0.05) is 0 Å². The average Bonchev–Trinajstić information content (AvgIpc) is 2.24. The third-order valence-corrected chi connectivity index (χ3v) is 8.25. The van der Waals surface area contributed by atoms with Crippen molar-refractivity contribution in [2.24, 2.45) is 0 Å². The minimum absolute atomic E-state index is 0.133. The first-order chi connectivity index (χ1) is 8.17. The van der Waals surface area contributed by atoms with E-state index in [0.29, 0.717) is 0 Å². The van der Waals surface area contributed by atoms with Crippen LogP contribution in [0.3, 0.4) is 0 Å². The third-order valence-electron chi connectivity index (χ3n) is 3.38. The first-order valence-electron chi connectivity index (χ1n) is 5.94. The number of pyridine rings is 1. The van der Waals surface area contributed by atoms with Gasteiger partial charge in [0.1, 0.15) is 10.7 Å². The number of hydrogen-bond donors (Lipinski definition) is 0. The zero-order chi connectivity index (χ0) is 14.0. The maximum absolute atomic E-state index is 6.21. The Hall–Kier alpha value is -0.633. The van der Waals surface area contributed by atoms with E-state index in [1.54, 1.807) is 0 Å². The molecule has 0 fully saturated rings. The predicted molar refractivity (Wildman–Crippen MR) is 81.8 cm³/mol. The van der Waals surface area contributed by atoms with Crippen LogP contribution in [0.2, 0.25) is 18.1 Å². The first-order valence-corrected chi connectivity index (χ1v) is 9.64. The van der Waals surface area contributed by atoms with Crippen molar-refractivity contribution in [1.29, 1.82) is 0 Å². The highest BCUT2D eigenvalue weighted by atomic mass is 79.9. The normalized spacial score (nSPS) is 14.1. The van der Waals surface area contributed by atoms with Gasteiger partial charge in [0.05, 0.1) is 5.69 Å². The third kappa shape index (κ3) is 3.68. The summed E-state index contributed by atoms with van der Waals surface area (Å²) in [6.07, 6.45) is 5.23. The molecule has 0 aliphatic heterocycles. The second-order valence-corrected chi connectivity index (χ2v) is 11.4. The zero-order valence-corrected chi connectivity index (χ0v) is 14.2. The monoisotopic (exact) mass is 325 g/mol. The minimum atomic E-state index is -1.89. The van der Waals surface area contributed by atoms with E-state index in [9.17, 15) is 0 Å². The van der Waals surface area contributed by atoms with E-state index in [4.69, 9.17) is 10.8 Å². The lowest BCUT2D eigenvalue weighted by Gasteiger charge is -2.37. The number of terminal acetylenes is 1. The zero-order valence-electron chi connectivity index (χ0n) is 11.6. The van der Waals surface area contributed by atoms with Gasteiger partial charge in [-0.15, -0.1) is 6.42 Å². The quantitative estimate of drug-likeness (QED) is 0.462. The number of hydrogen-bond acceptors (Lipinski definition) is 2. The van der Waals surface area contributed by atoms with Crippen molar-refractivity contribution in [1.82, 2.24) is 4.98 Å². The van der Waals surface area contributed by atoms with E-state index in [1.807, 2.05) is 18.2 Å². The fraction of sp³-hybridized carbons (Fsp3) is 0.500. The van der Waals surface area contributed by atoms with Gasteiger partial charge in [0.15, 0.2) is 8.32 Å². The van der Waals surface area contributed by atoms with Crippen LogP contribution >= 0.6 is 15.9 Å². The lowest BCUT2D eigenvalue weighted by molar-refractivity contribution is 0.234. The van der Waals surface area contributed by atoms with Gasteiger partial charge in [-0.05, 0) is 46.2 Å². The molecule has 0 N–H and O–H groups in total. The molecule has 2 nitrogen and oxygen atoms in total. The van der Waals surface area contributed by atoms with Crippen molar-refractivity contribution >= 4 is 24.2 Å². The van der Waals surface area contributed by atoms with Crippen molar-refractivity contribution in [3.05, 3.63) is 28.5 Å². The standard InChI is InChI=1S/C14H20BrNOSi/c1-7-12(11-9-8-10-13(15)16-11)17-18(5,6)14(2,3)4/h1,8-10,12H,2-6H3. The molecule has 0 aliphatic rings. The Labute approximate surface area is 119 Å². The van der Waals surface area contributed by atoms with E-state index in [2.05, 4.69) is 60.7 Å². The summed E-state index contributed by atoms with van der Waals surface area (Å²) in [5, 5.41) is 0.133. The SMILES string of the molecule is C#CC(O[Si](C)(C)C(C)(C)C)c1cccc(Br)n1. The summed E-state index contributed by atoms with van der Waals surface area (Å²) >= 11 is 3.35. The van der Waals surface area contributed by atoms with E-state index in [0.717, 1.165) is 10.3 Å². The number of rotatable bonds is 3. The molecule has 1 rings (SSSR count). The molecule has 0 aromatic carbocycles. The minimum Gasteiger partial charge on any atom is -0.398 e. The van der Waals surface area contributed by atoms with Gasteiger partial charge in [-0.1, -0.05) is 32.8 Å². The molecule has 0 saturated carbocycles. The molecule has 0 bridgehead atoms. The van der Waals surface area contributed by atoms with Gasteiger partial charge >= 0.3 is 0 Å². The Morgan fingerprint density at radius 2 is 2.00 bits per heavy atom. The molecule has 0 saturated heterocycles. The fourth-order valence-corrected chi connectivity index (χ4v) is 2.71. The van der Waals surface area contributed by atoms with Crippen molar-refractivity contribution < 1.29 is 4.43 Å². The van der Waals surface area contributed by atoms with Crippen LogP contribution in [0.15, 0.2) is 22.8 Å². The average molecular weight is 326 g/mol.